The summed E-state index contributed by atoms with van der Waals surface area (Å²) in [6.45, 7) is 3.43. The minimum atomic E-state index is 0.311. The summed E-state index contributed by atoms with van der Waals surface area (Å²) < 4.78 is 6.23. The summed E-state index contributed by atoms with van der Waals surface area (Å²) in [5.74, 6) is 2.49. The number of rotatable bonds is 5. The molecule has 1 aliphatic carbocycles. The Morgan fingerprint density at radius 2 is 1.91 bits per heavy atom. The highest BCUT2D eigenvalue weighted by Gasteiger charge is 2.28. The number of piperidine rings is 1. The van der Waals surface area contributed by atoms with Crippen LogP contribution in [0, 0.1) is 5.92 Å². The molecule has 176 valence electrons. The molecule has 1 saturated carbocycles. The van der Waals surface area contributed by atoms with Crippen molar-refractivity contribution in [2.75, 3.05) is 19.6 Å². The Labute approximate surface area is 203 Å². The van der Waals surface area contributed by atoms with E-state index in [1.165, 1.54) is 51.6 Å². The Balaban J connectivity index is 1.22. The fourth-order valence-corrected chi connectivity index (χ4v) is 5.76. The molecule has 3 aromatic heterocycles. The second kappa shape index (κ2) is 9.47. The highest BCUT2D eigenvalue weighted by molar-refractivity contribution is 6.29. The van der Waals surface area contributed by atoms with Gasteiger partial charge in [0.2, 0.25) is 11.8 Å². The summed E-state index contributed by atoms with van der Waals surface area (Å²) in [6.07, 6.45) is 11.0. The zero-order chi connectivity index (χ0) is 22.9. The lowest BCUT2D eigenvalue weighted by atomic mass is 9.88. The molecule has 34 heavy (non-hydrogen) atoms. The fraction of sp³-hybridized carbons (Fsp3) is 0.462. The molecule has 0 amide bonds. The highest BCUT2D eigenvalue weighted by atomic mass is 35.5. The van der Waals surface area contributed by atoms with Crippen LogP contribution in [0.4, 0.5) is 0 Å². The van der Waals surface area contributed by atoms with E-state index < -0.39 is 0 Å². The van der Waals surface area contributed by atoms with Crippen molar-refractivity contribution in [3.8, 4) is 22.7 Å². The van der Waals surface area contributed by atoms with Gasteiger partial charge in [-0.25, -0.2) is 4.98 Å². The number of nitrogens with zero attached hydrogens (tertiary/aromatic N) is 5. The zero-order valence-electron chi connectivity index (χ0n) is 19.2. The minimum Gasteiger partial charge on any atom is -0.420 e. The molecule has 0 spiro atoms. The van der Waals surface area contributed by atoms with E-state index in [0.29, 0.717) is 17.0 Å². The van der Waals surface area contributed by atoms with Crippen LogP contribution in [0.15, 0.2) is 40.9 Å². The molecule has 8 heteroatoms. The van der Waals surface area contributed by atoms with E-state index in [4.69, 9.17) is 16.0 Å². The summed E-state index contributed by atoms with van der Waals surface area (Å²) in [7, 11) is 0. The molecular formula is C26H29ClN6O. The molecule has 6 rings (SSSR count). The van der Waals surface area contributed by atoms with Crippen LogP contribution < -0.4 is 0 Å². The first-order valence-corrected chi connectivity index (χ1v) is 12.8. The van der Waals surface area contributed by atoms with E-state index in [9.17, 15) is 0 Å². The van der Waals surface area contributed by atoms with Crippen LogP contribution in [0.5, 0.6) is 0 Å². The fourth-order valence-electron chi connectivity index (χ4n) is 5.59. The van der Waals surface area contributed by atoms with Gasteiger partial charge in [0.25, 0.3) is 0 Å². The number of hydrogen-bond acceptors (Lipinski definition) is 6. The molecule has 1 unspecified atom stereocenters. The Morgan fingerprint density at radius 3 is 2.79 bits per heavy atom. The Morgan fingerprint density at radius 1 is 1.00 bits per heavy atom. The molecular weight excluding hydrogens is 448 g/mol. The first-order chi connectivity index (χ1) is 16.7. The van der Waals surface area contributed by atoms with Crippen LogP contribution in [0.2, 0.25) is 5.15 Å². The van der Waals surface area contributed by atoms with Gasteiger partial charge in [-0.2, -0.15) is 5.10 Å². The zero-order valence-corrected chi connectivity index (χ0v) is 20.0. The maximum absolute atomic E-state index is 6.23. The number of benzene rings is 1. The molecule has 2 aliphatic rings. The molecule has 0 radical (unpaired) electrons. The van der Waals surface area contributed by atoms with E-state index in [1.54, 1.807) is 6.20 Å². The van der Waals surface area contributed by atoms with Crippen molar-refractivity contribution in [2.45, 2.75) is 50.9 Å². The summed E-state index contributed by atoms with van der Waals surface area (Å²) in [5.41, 5.74) is 3.57. The Kier molecular flexibility index (Phi) is 6.05. The van der Waals surface area contributed by atoms with Crippen molar-refractivity contribution in [3.63, 3.8) is 0 Å². The topological polar surface area (TPSA) is 83.7 Å². The Bertz CT molecular complexity index is 1280. The van der Waals surface area contributed by atoms with E-state index in [2.05, 4.69) is 36.3 Å². The summed E-state index contributed by atoms with van der Waals surface area (Å²) in [5, 5.41) is 17.9. The van der Waals surface area contributed by atoms with E-state index in [0.717, 1.165) is 52.5 Å². The minimum absolute atomic E-state index is 0.311. The third-order valence-electron chi connectivity index (χ3n) is 7.35. The van der Waals surface area contributed by atoms with Crippen LogP contribution >= 0.6 is 11.6 Å². The van der Waals surface area contributed by atoms with Crippen LogP contribution in [0.1, 0.15) is 56.8 Å². The quantitative estimate of drug-likeness (QED) is 0.351. The molecule has 1 aromatic carbocycles. The lowest BCUT2D eigenvalue weighted by Crippen LogP contribution is -2.38. The standard InChI is InChI=1S/C26H29ClN6O/c27-23-14-18(10-11-28-23)24-21-13-19(8-9-22(21)29-30-24)25-31-32-26(34-25)20-7-4-12-33(16-20)15-17-5-2-1-3-6-17/h8-11,13-14,17,20H,1-7,12,15-16H2,(H,29,30). The molecule has 4 heterocycles. The van der Waals surface area contributed by atoms with Crippen molar-refractivity contribution >= 4 is 22.5 Å². The second-order valence-corrected chi connectivity index (χ2v) is 10.1. The lowest BCUT2D eigenvalue weighted by molar-refractivity contribution is 0.152. The molecule has 1 saturated heterocycles. The van der Waals surface area contributed by atoms with E-state index >= 15 is 0 Å². The van der Waals surface area contributed by atoms with Crippen LogP contribution in [0.3, 0.4) is 0 Å². The van der Waals surface area contributed by atoms with Gasteiger partial charge in [0, 0.05) is 35.8 Å². The number of aromatic amines is 1. The van der Waals surface area contributed by atoms with Crippen LogP contribution in [-0.4, -0.2) is 49.9 Å². The monoisotopic (exact) mass is 476 g/mol. The average Bonchev–Trinajstić information content (AvgIpc) is 3.52. The second-order valence-electron chi connectivity index (χ2n) is 9.75. The van der Waals surface area contributed by atoms with E-state index in [-0.39, 0.29) is 0 Å². The predicted octanol–water partition coefficient (Wildman–Crippen LogP) is 6.09. The smallest absolute Gasteiger partial charge is 0.247 e. The van der Waals surface area contributed by atoms with Crippen molar-refractivity contribution in [2.24, 2.45) is 5.92 Å². The normalized spacial score (nSPS) is 20.2. The van der Waals surface area contributed by atoms with Gasteiger partial charge in [0.1, 0.15) is 10.8 Å². The van der Waals surface area contributed by atoms with Gasteiger partial charge < -0.3 is 9.32 Å². The van der Waals surface area contributed by atoms with Crippen molar-refractivity contribution in [3.05, 3.63) is 47.6 Å². The molecule has 1 atom stereocenters. The molecule has 4 aromatic rings. The van der Waals surface area contributed by atoms with Gasteiger partial charge in [-0.05, 0) is 68.5 Å². The van der Waals surface area contributed by atoms with E-state index in [1.807, 2.05) is 24.3 Å². The average molecular weight is 477 g/mol. The third kappa shape index (κ3) is 4.46. The first kappa shape index (κ1) is 21.7. The summed E-state index contributed by atoms with van der Waals surface area (Å²) in [4.78, 5) is 6.69. The SMILES string of the molecule is Clc1cc(-c2n[nH]c3ccc(-c4nnc(C5CCCN(CC6CCCCC6)C5)o4)cc23)ccn1. The number of halogens is 1. The van der Waals surface area contributed by atoms with Crippen LogP contribution in [0.25, 0.3) is 33.6 Å². The summed E-state index contributed by atoms with van der Waals surface area (Å²) >= 11 is 6.10. The largest absolute Gasteiger partial charge is 0.420 e. The predicted molar refractivity (Wildman–Crippen MR) is 133 cm³/mol. The molecule has 7 nitrogen and oxygen atoms in total. The summed E-state index contributed by atoms with van der Waals surface area (Å²) in [6, 6.07) is 9.77. The number of fused-ring (bicyclic) bond motifs is 1. The number of pyridine rings is 1. The number of likely N-dealkylation sites (tertiary alicyclic amines) is 1. The van der Waals surface area contributed by atoms with Gasteiger partial charge in [-0.3, -0.25) is 5.10 Å². The van der Waals surface area contributed by atoms with Crippen molar-refractivity contribution in [1.82, 2.24) is 30.3 Å². The number of nitrogens with one attached hydrogen (secondary N) is 1. The van der Waals surface area contributed by atoms with Gasteiger partial charge in [-0.15, -0.1) is 10.2 Å². The number of H-pyrrole nitrogens is 1. The lowest BCUT2D eigenvalue weighted by Gasteiger charge is -2.34. The molecule has 1 N–H and O–H groups in total. The number of hydrogen-bond donors (Lipinski definition) is 1. The van der Waals surface area contributed by atoms with Crippen molar-refractivity contribution in [1.29, 1.82) is 0 Å². The van der Waals surface area contributed by atoms with Gasteiger partial charge in [0.15, 0.2) is 0 Å². The molecule has 2 fully saturated rings. The Hall–Kier alpha value is -2.77. The maximum atomic E-state index is 6.23. The van der Waals surface area contributed by atoms with Crippen molar-refractivity contribution < 1.29 is 4.42 Å². The first-order valence-electron chi connectivity index (χ1n) is 12.4. The van der Waals surface area contributed by atoms with Gasteiger partial charge >= 0.3 is 0 Å². The third-order valence-corrected chi connectivity index (χ3v) is 7.55. The van der Waals surface area contributed by atoms with Crippen LogP contribution in [-0.2, 0) is 0 Å². The number of aromatic nitrogens is 5. The maximum Gasteiger partial charge on any atom is 0.247 e. The van der Waals surface area contributed by atoms with Gasteiger partial charge in [-0.1, -0.05) is 30.9 Å². The van der Waals surface area contributed by atoms with Gasteiger partial charge in [0.05, 0.1) is 11.4 Å². The highest BCUT2D eigenvalue weighted by Crippen LogP contribution is 2.33. The molecule has 1 aliphatic heterocycles. The molecule has 0 bridgehead atoms.